The largest absolute Gasteiger partial charge is 0.264 e. The van der Waals surface area contributed by atoms with Crippen LogP contribution < -0.4 is 0 Å². The van der Waals surface area contributed by atoms with Gasteiger partial charge < -0.3 is 0 Å². The minimum Gasteiger partial charge on any atom is -0.264 e. The quantitative estimate of drug-likeness (QED) is 0.682. The molecule has 1 heterocycles. The van der Waals surface area contributed by atoms with Gasteiger partial charge in [0.1, 0.15) is 0 Å². The van der Waals surface area contributed by atoms with Crippen LogP contribution in [0.2, 0.25) is 0 Å². The minimum atomic E-state index is 1.01. The normalized spacial score (nSPS) is 9.80. The predicted octanol–water partition coefficient (Wildman–Crippen LogP) is 2.89. The van der Waals surface area contributed by atoms with Gasteiger partial charge in [0.15, 0.2) is 0 Å². The molecule has 0 bridgehead atoms. The maximum Gasteiger partial charge on any atom is 0.0448 e. The van der Waals surface area contributed by atoms with E-state index in [4.69, 9.17) is 10.7 Å². The van der Waals surface area contributed by atoms with E-state index < -0.39 is 0 Å². The molecule has 0 amide bonds. The summed E-state index contributed by atoms with van der Waals surface area (Å²) >= 11 is 0. The molecule has 0 saturated carbocycles. The average Bonchev–Trinajstić information content (AvgIpc) is 2.04. The third-order valence-corrected chi connectivity index (χ3v) is 2.37. The Labute approximate surface area is 69.3 Å². The Morgan fingerprint density at radius 3 is 3.00 bits per heavy atom. The van der Waals surface area contributed by atoms with E-state index in [1.807, 2.05) is 6.07 Å². The highest BCUT2D eigenvalue weighted by molar-refractivity contribution is 8.21. The van der Waals surface area contributed by atoms with Crippen molar-refractivity contribution >= 4 is 21.7 Å². The van der Waals surface area contributed by atoms with Crippen molar-refractivity contribution in [2.24, 2.45) is 0 Å². The third kappa shape index (κ3) is 1.64. The lowest BCUT2D eigenvalue weighted by molar-refractivity contribution is 1.05. The van der Waals surface area contributed by atoms with Crippen molar-refractivity contribution in [3.63, 3.8) is 0 Å². The Kier molecular flexibility index (Phi) is 3.03. The number of rotatable bonds is 2. The van der Waals surface area contributed by atoms with E-state index in [0.717, 1.165) is 11.3 Å². The Bertz CT molecular complexity index is 192. The molecule has 3 heteroatoms. The second kappa shape index (κ2) is 3.84. The molecular weight excluding hydrogens is 166 g/mol. The van der Waals surface area contributed by atoms with Crippen molar-refractivity contribution in [1.29, 1.82) is 0 Å². The molecule has 0 spiro atoms. The first-order valence-corrected chi connectivity index (χ1v) is 4.74. The summed E-state index contributed by atoms with van der Waals surface area (Å²) in [6.07, 6.45) is 4.59. The van der Waals surface area contributed by atoms with Crippen LogP contribution in [0, 0.1) is 0 Å². The molecule has 0 aliphatic rings. The Morgan fingerprint density at radius 2 is 2.50 bits per heavy atom. The average molecular weight is 174 g/mol. The van der Waals surface area contributed by atoms with Crippen LogP contribution in [0.15, 0.2) is 23.4 Å². The van der Waals surface area contributed by atoms with Gasteiger partial charge >= 0.3 is 0 Å². The van der Waals surface area contributed by atoms with Crippen LogP contribution in [0.25, 0.3) is 0 Å². The minimum absolute atomic E-state index is 1.01. The van der Waals surface area contributed by atoms with Crippen molar-refractivity contribution in [1.82, 2.24) is 4.98 Å². The smallest absolute Gasteiger partial charge is 0.0448 e. The number of aryl methyl sites for hydroxylation is 1. The summed E-state index contributed by atoms with van der Waals surface area (Å²) in [6.45, 7) is 2.10. The molecule has 0 radical (unpaired) electrons. The van der Waals surface area contributed by atoms with Crippen LogP contribution in [0.1, 0.15) is 12.5 Å². The Hall–Kier alpha value is -0.210. The molecule has 0 fully saturated rings. The highest BCUT2D eigenvalue weighted by Crippen LogP contribution is 2.24. The zero-order valence-corrected chi connectivity index (χ0v) is 7.25. The molecule has 0 N–H and O–H groups in total. The molecule has 0 atom stereocenters. The Balaban J connectivity index is 2.96. The van der Waals surface area contributed by atoms with Crippen LogP contribution in [0.3, 0.4) is 0 Å². The molecule has 0 aliphatic heterocycles. The second-order valence-electron chi connectivity index (χ2n) is 1.91. The molecule has 0 aromatic carbocycles. The zero-order valence-electron chi connectivity index (χ0n) is 5.67. The monoisotopic (exact) mass is 173 g/mol. The standard InChI is InChI=1S/C7H8ClNS/c1-2-6-3-4-9-5-7(6)10-8/h3-5H,2H2,1H3. The number of nitrogens with zero attached hydrogens (tertiary/aromatic N) is 1. The van der Waals surface area contributed by atoms with E-state index in [-0.39, 0.29) is 0 Å². The van der Waals surface area contributed by atoms with E-state index >= 15 is 0 Å². The summed E-state index contributed by atoms with van der Waals surface area (Å²) in [5.74, 6) is 0. The SMILES string of the molecule is CCc1ccncc1SCl. The van der Waals surface area contributed by atoms with Crippen LogP contribution in [0.5, 0.6) is 0 Å². The summed E-state index contributed by atoms with van der Waals surface area (Å²) in [4.78, 5) is 5.02. The summed E-state index contributed by atoms with van der Waals surface area (Å²) < 4.78 is 0. The highest BCUT2D eigenvalue weighted by atomic mass is 35.7. The van der Waals surface area contributed by atoms with Gasteiger partial charge in [0.25, 0.3) is 0 Å². The topological polar surface area (TPSA) is 12.9 Å². The van der Waals surface area contributed by atoms with Crippen molar-refractivity contribution in [2.75, 3.05) is 0 Å². The van der Waals surface area contributed by atoms with E-state index in [2.05, 4.69) is 11.9 Å². The fraction of sp³-hybridized carbons (Fsp3) is 0.286. The maximum absolute atomic E-state index is 5.59. The Morgan fingerprint density at radius 1 is 1.70 bits per heavy atom. The molecular formula is C7H8ClNS. The lowest BCUT2D eigenvalue weighted by Gasteiger charge is -1.99. The fourth-order valence-corrected chi connectivity index (χ4v) is 1.60. The second-order valence-corrected chi connectivity index (χ2v) is 2.97. The van der Waals surface area contributed by atoms with Crippen LogP contribution in [-0.2, 0) is 6.42 Å². The van der Waals surface area contributed by atoms with Gasteiger partial charge in [-0.1, -0.05) is 6.92 Å². The lowest BCUT2D eigenvalue weighted by Crippen LogP contribution is -1.83. The van der Waals surface area contributed by atoms with Gasteiger partial charge in [-0.2, -0.15) is 0 Å². The summed E-state index contributed by atoms with van der Waals surface area (Å²) in [7, 11) is 6.82. The van der Waals surface area contributed by atoms with E-state index in [9.17, 15) is 0 Å². The van der Waals surface area contributed by atoms with Gasteiger partial charge in [-0.25, -0.2) is 0 Å². The maximum atomic E-state index is 5.59. The first-order chi connectivity index (χ1) is 4.88. The van der Waals surface area contributed by atoms with Crippen molar-refractivity contribution < 1.29 is 0 Å². The third-order valence-electron chi connectivity index (χ3n) is 1.33. The first kappa shape index (κ1) is 7.89. The van der Waals surface area contributed by atoms with Crippen molar-refractivity contribution in [3.05, 3.63) is 24.0 Å². The zero-order chi connectivity index (χ0) is 7.40. The van der Waals surface area contributed by atoms with Crippen LogP contribution >= 0.6 is 21.7 Å². The van der Waals surface area contributed by atoms with Gasteiger partial charge in [0.05, 0.1) is 0 Å². The molecule has 10 heavy (non-hydrogen) atoms. The van der Waals surface area contributed by atoms with E-state index in [1.165, 1.54) is 16.5 Å². The fourth-order valence-electron chi connectivity index (χ4n) is 0.770. The lowest BCUT2D eigenvalue weighted by atomic mass is 10.2. The van der Waals surface area contributed by atoms with Crippen molar-refractivity contribution in [2.45, 2.75) is 18.2 Å². The molecule has 0 unspecified atom stereocenters. The van der Waals surface area contributed by atoms with Gasteiger partial charge in [-0.3, -0.25) is 4.98 Å². The molecule has 1 nitrogen and oxygen atoms in total. The molecule has 1 rings (SSSR count). The number of halogens is 1. The number of aromatic nitrogens is 1. The number of hydrogen-bond donors (Lipinski definition) is 0. The molecule has 0 saturated heterocycles. The molecule has 1 aromatic rings. The highest BCUT2D eigenvalue weighted by Gasteiger charge is 1.97. The first-order valence-electron chi connectivity index (χ1n) is 3.10. The molecule has 1 aromatic heterocycles. The van der Waals surface area contributed by atoms with Crippen molar-refractivity contribution in [3.8, 4) is 0 Å². The predicted molar refractivity (Wildman–Crippen MR) is 45.3 cm³/mol. The summed E-state index contributed by atoms with van der Waals surface area (Å²) in [5, 5.41) is 0. The number of pyridine rings is 1. The number of hydrogen-bond acceptors (Lipinski definition) is 2. The molecule has 0 aliphatic carbocycles. The van der Waals surface area contributed by atoms with E-state index in [1.54, 1.807) is 12.4 Å². The van der Waals surface area contributed by atoms with E-state index in [0.29, 0.717) is 0 Å². The van der Waals surface area contributed by atoms with Gasteiger partial charge in [-0.05, 0) is 39.7 Å². The van der Waals surface area contributed by atoms with Gasteiger partial charge in [0.2, 0.25) is 0 Å². The van der Waals surface area contributed by atoms with Gasteiger partial charge in [0, 0.05) is 17.3 Å². The van der Waals surface area contributed by atoms with Crippen LogP contribution in [0.4, 0.5) is 0 Å². The van der Waals surface area contributed by atoms with Gasteiger partial charge in [-0.15, -0.1) is 0 Å². The van der Waals surface area contributed by atoms with Crippen LogP contribution in [-0.4, -0.2) is 4.98 Å². The summed E-state index contributed by atoms with van der Waals surface area (Å²) in [6, 6.07) is 1.99. The summed E-state index contributed by atoms with van der Waals surface area (Å²) in [5.41, 5.74) is 1.26. The molecule has 54 valence electrons.